The quantitative estimate of drug-likeness (QED) is 0.431. The molecule has 0 amide bonds. The molecule has 0 aromatic heterocycles. The van der Waals surface area contributed by atoms with Crippen LogP contribution in [0.25, 0.3) is 0 Å². The van der Waals surface area contributed by atoms with Crippen molar-refractivity contribution in [3.63, 3.8) is 0 Å². The number of aliphatic hydroxyl groups excluding tert-OH is 2. The van der Waals surface area contributed by atoms with Crippen molar-refractivity contribution in [2.45, 2.75) is 32.0 Å². The smallest absolute Gasteiger partial charge is 0.0897 e. The molecule has 16 heavy (non-hydrogen) atoms. The molecular weight excluding hydrogens is 210 g/mol. The fourth-order valence-electron chi connectivity index (χ4n) is 1.25. The van der Waals surface area contributed by atoms with Gasteiger partial charge in [0.2, 0.25) is 0 Å². The summed E-state index contributed by atoms with van der Waals surface area (Å²) in [7, 11) is 1.62. The lowest BCUT2D eigenvalue weighted by molar-refractivity contribution is -0.0310. The molecule has 98 valence electrons. The molecule has 3 N–H and O–H groups in total. The molecule has 0 aromatic carbocycles. The first-order valence-electron chi connectivity index (χ1n) is 5.80. The highest BCUT2D eigenvalue weighted by molar-refractivity contribution is 4.59. The van der Waals surface area contributed by atoms with Crippen LogP contribution in [0.3, 0.4) is 0 Å². The van der Waals surface area contributed by atoms with Gasteiger partial charge in [-0.15, -0.1) is 0 Å². The molecule has 0 aliphatic carbocycles. The summed E-state index contributed by atoms with van der Waals surface area (Å²) < 4.78 is 10.3. The van der Waals surface area contributed by atoms with Gasteiger partial charge in [0.25, 0.3) is 0 Å². The maximum atomic E-state index is 9.55. The molecule has 0 saturated heterocycles. The lowest BCUT2D eigenvalue weighted by atomic mass is 10.3. The number of hydrogen-bond acceptors (Lipinski definition) is 5. The Morgan fingerprint density at radius 2 is 2.00 bits per heavy atom. The molecule has 0 saturated carbocycles. The fourth-order valence-corrected chi connectivity index (χ4v) is 1.25. The first-order valence-corrected chi connectivity index (χ1v) is 5.80. The zero-order valence-corrected chi connectivity index (χ0v) is 10.3. The molecule has 0 heterocycles. The second-order valence-electron chi connectivity index (χ2n) is 3.89. The van der Waals surface area contributed by atoms with E-state index >= 15 is 0 Å². The standard InChI is InChI=1S/C11H25NO4/c1-10(8-15-2)16-9-11(14)7-12-5-3-4-6-13/h10-14H,3-9H2,1-2H3. The van der Waals surface area contributed by atoms with Crippen molar-refractivity contribution in [3.05, 3.63) is 0 Å². The Bertz CT molecular complexity index is 146. The van der Waals surface area contributed by atoms with Crippen molar-refractivity contribution in [2.75, 3.05) is 40.0 Å². The summed E-state index contributed by atoms with van der Waals surface area (Å²) in [6, 6.07) is 0. The maximum Gasteiger partial charge on any atom is 0.0897 e. The van der Waals surface area contributed by atoms with Gasteiger partial charge < -0.3 is 25.0 Å². The number of hydrogen-bond donors (Lipinski definition) is 3. The van der Waals surface area contributed by atoms with Gasteiger partial charge in [0, 0.05) is 20.3 Å². The summed E-state index contributed by atoms with van der Waals surface area (Å²) in [5.74, 6) is 0. The van der Waals surface area contributed by atoms with Gasteiger partial charge in [-0.05, 0) is 26.3 Å². The van der Waals surface area contributed by atoms with Gasteiger partial charge in [0.1, 0.15) is 0 Å². The van der Waals surface area contributed by atoms with Gasteiger partial charge in [-0.2, -0.15) is 0 Å². The Labute approximate surface area is 97.8 Å². The van der Waals surface area contributed by atoms with Crippen molar-refractivity contribution in [1.82, 2.24) is 5.32 Å². The number of ether oxygens (including phenoxy) is 2. The summed E-state index contributed by atoms with van der Waals surface area (Å²) >= 11 is 0. The van der Waals surface area contributed by atoms with Crippen LogP contribution in [-0.2, 0) is 9.47 Å². The molecule has 0 spiro atoms. The zero-order chi connectivity index (χ0) is 12.2. The third-order valence-corrected chi connectivity index (χ3v) is 2.12. The van der Waals surface area contributed by atoms with Crippen LogP contribution < -0.4 is 5.32 Å². The van der Waals surface area contributed by atoms with E-state index in [1.165, 1.54) is 0 Å². The predicted octanol–water partition coefficient (Wildman–Crippen LogP) is -0.239. The van der Waals surface area contributed by atoms with E-state index in [0.717, 1.165) is 19.4 Å². The van der Waals surface area contributed by atoms with Gasteiger partial charge in [-0.1, -0.05) is 0 Å². The fraction of sp³-hybridized carbons (Fsp3) is 1.00. The number of methoxy groups -OCH3 is 1. The average molecular weight is 235 g/mol. The van der Waals surface area contributed by atoms with Crippen molar-refractivity contribution < 1.29 is 19.7 Å². The highest BCUT2D eigenvalue weighted by Gasteiger charge is 2.07. The van der Waals surface area contributed by atoms with Crippen LogP contribution in [0.5, 0.6) is 0 Å². The minimum atomic E-state index is -0.492. The molecule has 2 atom stereocenters. The minimum absolute atomic E-state index is 0.00837. The van der Waals surface area contributed by atoms with Crippen LogP contribution >= 0.6 is 0 Å². The summed E-state index contributed by atoms with van der Waals surface area (Å²) in [6.07, 6.45) is 1.23. The monoisotopic (exact) mass is 235 g/mol. The van der Waals surface area contributed by atoms with Gasteiger partial charge in [0.15, 0.2) is 0 Å². The lowest BCUT2D eigenvalue weighted by Crippen LogP contribution is -2.32. The van der Waals surface area contributed by atoms with Crippen LogP contribution in [0, 0.1) is 0 Å². The highest BCUT2D eigenvalue weighted by Crippen LogP contribution is 1.93. The molecule has 0 radical (unpaired) electrons. The molecule has 0 fully saturated rings. The summed E-state index contributed by atoms with van der Waals surface area (Å²) in [5, 5.41) is 21.2. The van der Waals surface area contributed by atoms with Crippen LogP contribution in [0.4, 0.5) is 0 Å². The molecule has 0 aliphatic heterocycles. The number of nitrogens with one attached hydrogen (secondary N) is 1. The van der Waals surface area contributed by atoms with E-state index in [4.69, 9.17) is 14.6 Å². The van der Waals surface area contributed by atoms with E-state index < -0.39 is 6.10 Å². The third kappa shape index (κ3) is 10.3. The lowest BCUT2D eigenvalue weighted by Gasteiger charge is -2.16. The van der Waals surface area contributed by atoms with E-state index in [1.54, 1.807) is 7.11 Å². The predicted molar refractivity (Wildman–Crippen MR) is 62.5 cm³/mol. The normalized spacial score (nSPS) is 15.0. The first-order chi connectivity index (χ1) is 7.70. The molecule has 0 aliphatic rings. The topological polar surface area (TPSA) is 71.0 Å². The Morgan fingerprint density at radius 3 is 2.62 bits per heavy atom. The molecule has 0 bridgehead atoms. The van der Waals surface area contributed by atoms with Crippen molar-refractivity contribution in [2.24, 2.45) is 0 Å². The summed E-state index contributed by atoms with van der Waals surface area (Å²) in [6.45, 7) is 4.32. The number of aliphatic hydroxyl groups is 2. The molecule has 5 heteroatoms. The van der Waals surface area contributed by atoms with Gasteiger partial charge in [0.05, 0.1) is 25.4 Å². The molecular formula is C11H25NO4. The first kappa shape index (κ1) is 15.8. The highest BCUT2D eigenvalue weighted by atomic mass is 16.5. The maximum absolute atomic E-state index is 9.55. The second kappa shape index (κ2) is 11.3. The van der Waals surface area contributed by atoms with E-state index in [2.05, 4.69) is 5.32 Å². The molecule has 0 aromatic rings. The SMILES string of the molecule is COCC(C)OCC(O)CNCCCCO. The van der Waals surface area contributed by atoms with Gasteiger partial charge >= 0.3 is 0 Å². The van der Waals surface area contributed by atoms with Crippen LogP contribution in [0.2, 0.25) is 0 Å². The molecule has 5 nitrogen and oxygen atoms in total. The van der Waals surface area contributed by atoms with Crippen molar-refractivity contribution in [1.29, 1.82) is 0 Å². The Hall–Kier alpha value is -0.200. The van der Waals surface area contributed by atoms with Gasteiger partial charge in [-0.3, -0.25) is 0 Å². The molecule has 2 unspecified atom stereocenters. The van der Waals surface area contributed by atoms with Gasteiger partial charge in [-0.25, -0.2) is 0 Å². The van der Waals surface area contributed by atoms with Crippen molar-refractivity contribution in [3.8, 4) is 0 Å². The summed E-state index contributed by atoms with van der Waals surface area (Å²) in [4.78, 5) is 0. The molecule has 0 rings (SSSR count). The van der Waals surface area contributed by atoms with Crippen molar-refractivity contribution >= 4 is 0 Å². The Balaban J connectivity index is 3.27. The average Bonchev–Trinajstić information content (AvgIpc) is 2.26. The summed E-state index contributed by atoms with van der Waals surface area (Å²) in [5.41, 5.74) is 0. The van der Waals surface area contributed by atoms with E-state index in [1.807, 2.05) is 6.92 Å². The Morgan fingerprint density at radius 1 is 1.25 bits per heavy atom. The van der Waals surface area contributed by atoms with E-state index in [0.29, 0.717) is 19.8 Å². The van der Waals surface area contributed by atoms with E-state index in [9.17, 15) is 5.11 Å². The zero-order valence-electron chi connectivity index (χ0n) is 10.3. The number of unbranched alkanes of at least 4 members (excludes halogenated alkanes) is 1. The van der Waals surface area contributed by atoms with Crippen LogP contribution in [0.15, 0.2) is 0 Å². The Kier molecular flexibility index (Phi) is 11.1. The van der Waals surface area contributed by atoms with Crippen LogP contribution in [-0.4, -0.2) is 62.4 Å². The van der Waals surface area contributed by atoms with E-state index in [-0.39, 0.29) is 12.7 Å². The number of rotatable bonds is 11. The minimum Gasteiger partial charge on any atom is -0.396 e. The third-order valence-electron chi connectivity index (χ3n) is 2.12. The largest absolute Gasteiger partial charge is 0.396 e. The van der Waals surface area contributed by atoms with Crippen LogP contribution in [0.1, 0.15) is 19.8 Å². The second-order valence-corrected chi connectivity index (χ2v) is 3.89.